The molecule has 4 N–H and O–H groups in total. The molecular formula is C13H21N5. The Labute approximate surface area is 108 Å². The monoisotopic (exact) mass is 247 g/mol. The molecule has 0 fully saturated rings. The molecule has 0 heterocycles. The number of guanidine groups is 2. The van der Waals surface area contributed by atoms with Crippen molar-refractivity contribution in [2.75, 3.05) is 18.4 Å². The number of anilines is 1. The van der Waals surface area contributed by atoms with E-state index in [0.717, 1.165) is 24.3 Å². The molecule has 0 aliphatic heterocycles. The topological polar surface area (TPSA) is 75.0 Å². The van der Waals surface area contributed by atoms with Crippen molar-refractivity contribution in [2.24, 2.45) is 0 Å². The molecule has 1 rings (SSSR count). The van der Waals surface area contributed by atoms with Gasteiger partial charge in [-0.2, -0.15) is 0 Å². The van der Waals surface area contributed by atoms with Crippen molar-refractivity contribution in [3.05, 3.63) is 29.8 Å². The van der Waals surface area contributed by atoms with Crippen LogP contribution in [0.3, 0.4) is 0 Å². The smallest absolute Gasteiger partial charge is 0.199 e. The first kappa shape index (κ1) is 14.0. The van der Waals surface area contributed by atoms with Crippen LogP contribution in [0.15, 0.2) is 24.3 Å². The van der Waals surface area contributed by atoms with Gasteiger partial charge in [0.1, 0.15) is 0 Å². The average molecular weight is 247 g/mol. The molecule has 0 radical (unpaired) electrons. The summed E-state index contributed by atoms with van der Waals surface area (Å²) in [7, 11) is 0. The molecule has 0 aliphatic rings. The summed E-state index contributed by atoms with van der Waals surface area (Å²) in [5.74, 6) is 0.350. The van der Waals surface area contributed by atoms with E-state index in [9.17, 15) is 0 Å². The number of hydrogen-bond acceptors (Lipinski definition) is 2. The fourth-order valence-corrected chi connectivity index (χ4v) is 1.64. The first-order valence-corrected chi connectivity index (χ1v) is 6.09. The highest BCUT2D eigenvalue weighted by atomic mass is 15.3. The molecule has 0 saturated carbocycles. The lowest BCUT2D eigenvalue weighted by Gasteiger charge is -2.22. The fourth-order valence-electron chi connectivity index (χ4n) is 1.64. The predicted molar refractivity (Wildman–Crippen MR) is 76.3 cm³/mol. The summed E-state index contributed by atoms with van der Waals surface area (Å²) in [5.41, 5.74) is 1.98. The number of rotatable bonds is 3. The Hall–Kier alpha value is -2.04. The van der Waals surface area contributed by atoms with Gasteiger partial charge >= 0.3 is 0 Å². The van der Waals surface area contributed by atoms with E-state index in [1.165, 1.54) is 0 Å². The Balaban J connectivity index is 2.54. The third-order valence-corrected chi connectivity index (χ3v) is 2.61. The van der Waals surface area contributed by atoms with Crippen LogP contribution in [0, 0.1) is 17.7 Å². The summed E-state index contributed by atoms with van der Waals surface area (Å²) in [5, 5.41) is 21.3. The molecule has 5 nitrogen and oxygen atoms in total. The van der Waals surface area contributed by atoms with Crippen molar-refractivity contribution < 1.29 is 0 Å². The second kappa shape index (κ2) is 6.64. The summed E-state index contributed by atoms with van der Waals surface area (Å²) in [6.07, 6.45) is 0. The van der Waals surface area contributed by atoms with Crippen LogP contribution >= 0.6 is 0 Å². The van der Waals surface area contributed by atoms with Gasteiger partial charge in [0.05, 0.1) is 0 Å². The standard InChI is InChI=1S/C13H21N5/c1-4-18(5-2)13(15)17-12(14)16-11-8-6-7-10(3)9-11/h6-9H,4-5H2,1-3H3,(H4,14,15,16,17). The lowest BCUT2D eigenvalue weighted by atomic mass is 10.2. The summed E-state index contributed by atoms with van der Waals surface area (Å²) in [6.45, 7) is 7.47. The zero-order valence-corrected chi connectivity index (χ0v) is 11.2. The van der Waals surface area contributed by atoms with Gasteiger partial charge < -0.3 is 10.2 Å². The van der Waals surface area contributed by atoms with Gasteiger partial charge in [0.15, 0.2) is 11.9 Å². The maximum Gasteiger partial charge on any atom is 0.199 e. The fraction of sp³-hybridized carbons (Fsp3) is 0.385. The van der Waals surface area contributed by atoms with Crippen LogP contribution in [0.4, 0.5) is 5.69 Å². The molecule has 0 amide bonds. The number of hydrogen-bond donors (Lipinski definition) is 4. The molecule has 0 spiro atoms. The molecule has 0 aromatic heterocycles. The zero-order chi connectivity index (χ0) is 13.5. The van der Waals surface area contributed by atoms with Gasteiger partial charge in [0.25, 0.3) is 0 Å². The summed E-state index contributed by atoms with van der Waals surface area (Å²) >= 11 is 0. The van der Waals surface area contributed by atoms with Gasteiger partial charge in [0.2, 0.25) is 0 Å². The average Bonchev–Trinajstić information content (AvgIpc) is 2.30. The van der Waals surface area contributed by atoms with Gasteiger partial charge in [-0.3, -0.25) is 16.1 Å². The minimum atomic E-state index is 0.109. The maximum absolute atomic E-state index is 7.82. The zero-order valence-electron chi connectivity index (χ0n) is 11.2. The number of aryl methyl sites for hydroxylation is 1. The van der Waals surface area contributed by atoms with Crippen LogP contribution in [-0.4, -0.2) is 29.9 Å². The van der Waals surface area contributed by atoms with Crippen LogP contribution in [-0.2, 0) is 0 Å². The van der Waals surface area contributed by atoms with Gasteiger partial charge in [-0.1, -0.05) is 12.1 Å². The summed E-state index contributed by atoms with van der Waals surface area (Å²) in [4.78, 5) is 1.84. The van der Waals surface area contributed by atoms with Crippen molar-refractivity contribution in [3.8, 4) is 0 Å². The van der Waals surface area contributed by atoms with Crippen LogP contribution < -0.4 is 10.6 Å². The van der Waals surface area contributed by atoms with E-state index >= 15 is 0 Å². The molecule has 5 heteroatoms. The molecule has 0 bridgehead atoms. The summed E-state index contributed by atoms with van der Waals surface area (Å²) < 4.78 is 0. The normalized spacial score (nSPS) is 9.72. The van der Waals surface area contributed by atoms with Crippen LogP contribution in [0.2, 0.25) is 0 Å². The Kier molecular flexibility index (Phi) is 5.17. The highest BCUT2D eigenvalue weighted by Crippen LogP contribution is 2.08. The van der Waals surface area contributed by atoms with E-state index in [0.29, 0.717) is 0 Å². The van der Waals surface area contributed by atoms with Crippen LogP contribution in [0.5, 0.6) is 0 Å². The first-order valence-electron chi connectivity index (χ1n) is 6.09. The van der Waals surface area contributed by atoms with Crippen molar-refractivity contribution in [3.63, 3.8) is 0 Å². The lowest BCUT2D eigenvalue weighted by molar-refractivity contribution is 0.451. The van der Waals surface area contributed by atoms with Crippen molar-refractivity contribution in [1.29, 1.82) is 10.8 Å². The molecule has 0 unspecified atom stereocenters. The SMILES string of the molecule is CCN(CC)C(=N)NC(=N)Nc1cccc(C)c1. The molecule has 0 aliphatic carbocycles. The summed E-state index contributed by atoms with van der Waals surface area (Å²) in [6, 6.07) is 7.78. The van der Waals surface area contributed by atoms with Crippen molar-refractivity contribution in [2.45, 2.75) is 20.8 Å². The molecule has 0 atom stereocenters. The Morgan fingerprint density at radius 1 is 1.22 bits per heavy atom. The quantitative estimate of drug-likeness (QED) is 0.488. The largest absolute Gasteiger partial charge is 0.343 e. The lowest BCUT2D eigenvalue weighted by Crippen LogP contribution is -2.45. The third-order valence-electron chi connectivity index (χ3n) is 2.61. The van der Waals surface area contributed by atoms with Crippen LogP contribution in [0.25, 0.3) is 0 Å². The molecule has 1 aromatic carbocycles. The molecule has 98 valence electrons. The second-order valence-corrected chi connectivity index (χ2v) is 4.02. The number of nitrogens with one attached hydrogen (secondary N) is 4. The van der Waals surface area contributed by atoms with Gasteiger partial charge in [-0.15, -0.1) is 0 Å². The Bertz CT molecular complexity index is 423. The highest BCUT2D eigenvalue weighted by Gasteiger charge is 2.07. The van der Waals surface area contributed by atoms with E-state index < -0.39 is 0 Å². The maximum atomic E-state index is 7.82. The molecule has 0 saturated heterocycles. The van der Waals surface area contributed by atoms with Gasteiger partial charge in [-0.25, -0.2) is 0 Å². The second-order valence-electron chi connectivity index (χ2n) is 4.02. The van der Waals surface area contributed by atoms with Gasteiger partial charge in [0, 0.05) is 18.8 Å². The highest BCUT2D eigenvalue weighted by molar-refractivity contribution is 6.02. The number of benzene rings is 1. The first-order chi connectivity index (χ1) is 8.56. The minimum absolute atomic E-state index is 0.109. The van der Waals surface area contributed by atoms with Crippen LogP contribution in [0.1, 0.15) is 19.4 Å². The Morgan fingerprint density at radius 2 is 1.89 bits per heavy atom. The molecular weight excluding hydrogens is 226 g/mol. The van der Waals surface area contributed by atoms with E-state index in [4.69, 9.17) is 10.8 Å². The van der Waals surface area contributed by atoms with E-state index in [1.807, 2.05) is 49.9 Å². The third kappa shape index (κ3) is 4.08. The van der Waals surface area contributed by atoms with E-state index in [-0.39, 0.29) is 11.9 Å². The van der Waals surface area contributed by atoms with Gasteiger partial charge in [-0.05, 0) is 38.5 Å². The predicted octanol–water partition coefficient (Wildman–Crippen LogP) is 2.21. The van der Waals surface area contributed by atoms with Crippen molar-refractivity contribution >= 4 is 17.6 Å². The minimum Gasteiger partial charge on any atom is -0.343 e. The Morgan fingerprint density at radius 3 is 2.44 bits per heavy atom. The molecule has 1 aromatic rings. The van der Waals surface area contributed by atoms with E-state index in [1.54, 1.807) is 0 Å². The number of nitrogens with zero attached hydrogens (tertiary/aromatic N) is 1. The van der Waals surface area contributed by atoms with E-state index in [2.05, 4.69) is 10.6 Å². The van der Waals surface area contributed by atoms with Crippen molar-refractivity contribution in [1.82, 2.24) is 10.2 Å². The molecule has 18 heavy (non-hydrogen) atoms.